The van der Waals surface area contributed by atoms with Crippen LogP contribution in [0.25, 0.3) is 0 Å². The molecule has 0 saturated heterocycles. The molecule has 13 heavy (non-hydrogen) atoms. The van der Waals surface area contributed by atoms with E-state index in [4.69, 9.17) is 4.74 Å². The third-order valence-corrected chi connectivity index (χ3v) is 3.77. The van der Waals surface area contributed by atoms with Crippen molar-refractivity contribution in [3.8, 4) is 0 Å². The van der Waals surface area contributed by atoms with Crippen molar-refractivity contribution < 1.29 is 4.74 Å². The van der Waals surface area contributed by atoms with Gasteiger partial charge in [0.2, 0.25) is 0 Å². The summed E-state index contributed by atoms with van der Waals surface area (Å²) in [6, 6.07) is 0. The number of hydrogen-bond donors (Lipinski definition) is 0. The molecule has 1 aromatic rings. The lowest BCUT2D eigenvalue weighted by atomic mass is 10.00. The van der Waals surface area contributed by atoms with Crippen molar-refractivity contribution in [1.29, 1.82) is 0 Å². The molecule has 1 heterocycles. The van der Waals surface area contributed by atoms with E-state index in [0.29, 0.717) is 12.0 Å². The fourth-order valence-electron chi connectivity index (χ4n) is 1.50. The summed E-state index contributed by atoms with van der Waals surface area (Å²) in [6.45, 7) is 7.22. The molecule has 0 amide bonds. The predicted molar refractivity (Wildman–Crippen MR) is 54.3 cm³/mol. The summed E-state index contributed by atoms with van der Waals surface area (Å²) in [6.07, 6.45) is 1.37. The largest absolute Gasteiger partial charge is 0.372 e. The molecule has 0 N–H and O–H groups in total. The highest BCUT2D eigenvalue weighted by Crippen LogP contribution is 2.41. The van der Waals surface area contributed by atoms with E-state index in [1.807, 2.05) is 18.3 Å². The first-order valence-corrected chi connectivity index (χ1v) is 5.65. The molecule has 1 aliphatic rings. The fraction of sp³-hybridized carbons (Fsp3) is 0.700. The summed E-state index contributed by atoms with van der Waals surface area (Å²) >= 11 is 1.82. The van der Waals surface area contributed by atoms with Crippen molar-refractivity contribution in [1.82, 2.24) is 4.98 Å². The summed E-state index contributed by atoms with van der Waals surface area (Å²) in [7, 11) is 0. The third-order valence-electron chi connectivity index (χ3n) is 2.28. The smallest absolute Gasteiger partial charge is 0.0991 e. The number of rotatable bonds is 3. The molecule has 2 rings (SSSR count). The van der Waals surface area contributed by atoms with Gasteiger partial charge in [-0.1, -0.05) is 13.8 Å². The van der Waals surface area contributed by atoms with Gasteiger partial charge in [0.15, 0.2) is 0 Å². The number of hydrogen-bond acceptors (Lipinski definition) is 3. The molecule has 1 aromatic heterocycles. The zero-order valence-electron chi connectivity index (χ0n) is 8.33. The Morgan fingerprint density at radius 3 is 3.00 bits per heavy atom. The first kappa shape index (κ1) is 9.16. The highest BCUT2D eigenvalue weighted by Gasteiger charge is 2.31. The average Bonchev–Trinajstić information content (AvgIpc) is 2.39. The molecule has 0 saturated carbocycles. The molecule has 0 aromatic carbocycles. The lowest BCUT2D eigenvalue weighted by molar-refractivity contribution is 0.0482. The van der Waals surface area contributed by atoms with Crippen LogP contribution in [0.3, 0.4) is 0 Å². The normalized spacial score (nSPS) is 20.2. The van der Waals surface area contributed by atoms with Crippen molar-refractivity contribution in [2.45, 2.75) is 39.2 Å². The van der Waals surface area contributed by atoms with Crippen LogP contribution >= 0.6 is 11.3 Å². The van der Waals surface area contributed by atoms with E-state index in [1.165, 1.54) is 15.6 Å². The van der Waals surface area contributed by atoms with Crippen LogP contribution in [0.2, 0.25) is 0 Å². The minimum absolute atomic E-state index is 0.352. The minimum Gasteiger partial charge on any atom is -0.372 e. The quantitative estimate of drug-likeness (QED) is 0.743. The van der Waals surface area contributed by atoms with Gasteiger partial charge >= 0.3 is 0 Å². The van der Waals surface area contributed by atoms with Gasteiger partial charge in [0, 0.05) is 18.9 Å². The molecular formula is C10H15NOS. The maximum Gasteiger partial charge on any atom is 0.0991 e. The molecular weight excluding hydrogens is 182 g/mol. The highest BCUT2D eigenvalue weighted by atomic mass is 32.1. The lowest BCUT2D eigenvalue weighted by Crippen LogP contribution is -2.17. The van der Waals surface area contributed by atoms with Crippen molar-refractivity contribution >= 4 is 11.3 Å². The summed E-state index contributed by atoms with van der Waals surface area (Å²) in [5.41, 5.74) is 1.27. The molecule has 2 nitrogen and oxygen atoms in total. The summed E-state index contributed by atoms with van der Waals surface area (Å²) in [5.74, 6) is 0.554. The first-order chi connectivity index (χ1) is 6.22. The van der Waals surface area contributed by atoms with Crippen LogP contribution < -0.4 is 0 Å². The molecule has 0 bridgehead atoms. The molecule has 0 aliphatic heterocycles. The Hall–Kier alpha value is -0.410. The van der Waals surface area contributed by atoms with Gasteiger partial charge in [0.05, 0.1) is 21.7 Å². The second-order valence-electron chi connectivity index (χ2n) is 3.67. The van der Waals surface area contributed by atoms with Gasteiger partial charge in [-0.05, 0) is 6.92 Å². The molecule has 1 unspecified atom stereocenters. The van der Waals surface area contributed by atoms with Crippen LogP contribution in [0.4, 0.5) is 0 Å². The maximum atomic E-state index is 5.57. The average molecular weight is 197 g/mol. The Balaban J connectivity index is 2.14. The summed E-state index contributed by atoms with van der Waals surface area (Å²) in [5, 5.41) is 1.26. The summed E-state index contributed by atoms with van der Waals surface area (Å²) in [4.78, 5) is 5.93. The van der Waals surface area contributed by atoms with E-state index in [-0.39, 0.29) is 0 Å². The van der Waals surface area contributed by atoms with Gasteiger partial charge < -0.3 is 4.74 Å². The molecule has 0 radical (unpaired) electrons. The molecule has 1 aliphatic carbocycles. The van der Waals surface area contributed by atoms with Gasteiger partial charge in [-0.15, -0.1) is 11.3 Å². The standard InChI is InChI=1S/C10H15NOS/c1-4-12-8-5-7-9(8)13-10(11-7)6(2)3/h6,8H,4-5H2,1-3H3. The van der Waals surface area contributed by atoms with E-state index in [9.17, 15) is 0 Å². The predicted octanol–water partition coefficient (Wildman–Crippen LogP) is 2.90. The van der Waals surface area contributed by atoms with Gasteiger partial charge in [-0.3, -0.25) is 0 Å². The van der Waals surface area contributed by atoms with Crippen LogP contribution in [0.1, 0.15) is 48.4 Å². The van der Waals surface area contributed by atoms with E-state index in [0.717, 1.165) is 13.0 Å². The van der Waals surface area contributed by atoms with Gasteiger partial charge in [-0.2, -0.15) is 0 Å². The van der Waals surface area contributed by atoms with Crippen LogP contribution in [-0.4, -0.2) is 11.6 Å². The zero-order valence-corrected chi connectivity index (χ0v) is 9.15. The Morgan fingerprint density at radius 2 is 2.38 bits per heavy atom. The number of aromatic nitrogens is 1. The van der Waals surface area contributed by atoms with Gasteiger partial charge in [0.1, 0.15) is 0 Å². The van der Waals surface area contributed by atoms with Crippen LogP contribution in [0.15, 0.2) is 0 Å². The van der Waals surface area contributed by atoms with E-state index in [1.54, 1.807) is 0 Å². The molecule has 0 spiro atoms. The lowest BCUT2D eigenvalue weighted by Gasteiger charge is -2.23. The Bertz CT molecular complexity index is 306. The summed E-state index contributed by atoms with van der Waals surface area (Å²) < 4.78 is 5.57. The van der Waals surface area contributed by atoms with Gasteiger partial charge in [0.25, 0.3) is 0 Å². The number of nitrogens with zero attached hydrogens (tertiary/aromatic N) is 1. The molecule has 72 valence electrons. The third kappa shape index (κ3) is 1.51. The Labute approximate surface area is 83.0 Å². The minimum atomic E-state index is 0.352. The SMILES string of the molecule is CCOC1Cc2nc(C(C)C)sc21. The van der Waals surface area contributed by atoms with Crippen molar-refractivity contribution in [3.63, 3.8) is 0 Å². The van der Waals surface area contributed by atoms with Crippen molar-refractivity contribution in [2.24, 2.45) is 0 Å². The highest BCUT2D eigenvalue weighted by molar-refractivity contribution is 7.12. The van der Waals surface area contributed by atoms with Crippen LogP contribution in [-0.2, 0) is 11.2 Å². The van der Waals surface area contributed by atoms with Crippen LogP contribution in [0.5, 0.6) is 0 Å². The number of fused-ring (bicyclic) bond motifs is 1. The van der Waals surface area contributed by atoms with E-state index >= 15 is 0 Å². The van der Waals surface area contributed by atoms with Crippen LogP contribution in [0, 0.1) is 0 Å². The Kier molecular flexibility index (Phi) is 2.39. The molecule has 3 heteroatoms. The molecule has 0 fully saturated rings. The first-order valence-electron chi connectivity index (χ1n) is 4.83. The number of thiazole rings is 1. The topological polar surface area (TPSA) is 22.1 Å². The van der Waals surface area contributed by atoms with E-state index < -0.39 is 0 Å². The monoisotopic (exact) mass is 197 g/mol. The second kappa shape index (κ2) is 3.39. The van der Waals surface area contributed by atoms with Gasteiger partial charge in [-0.25, -0.2) is 4.98 Å². The van der Waals surface area contributed by atoms with E-state index in [2.05, 4.69) is 18.8 Å². The fourth-order valence-corrected chi connectivity index (χ4v) is 2.65. The maximum absolute atomic E-state index is 5.57. The zero-order chi connectivity index (χ0) is 9.42. The second-order valence-corrected chi connectivity index (χ2v) is 4.73. The molecule has 1 atom stereocenters. The number of ether oxygens (including phenoxy) is 1. The van der Waals surface area contributed by atoms with Crippen molar-refractivity contribution in [3.05, 3.63) is 15.6 Å². The Morgan fingerprint density at radius 1 is 1.62 bits per heavy atom. The van der Waals surface area contributed by atoms with Crippen molar-refractivity contribution in [2.75, 3.05) is 6.61 Å².